The van der Waals surface area contributed by atoms with Crippen LogP contribution in [0.3, 0.4) is 0 Å². The van der Waals surface area contributed by atoms with E-state index in [1.165, 1.54) is 5.56 Å². The molecule has 0 radical (unpaired) electrons. The first-order valence-electron chi connectivity index (χ1n) is 5.29. The number of hydrogen-bond acceptors (Lipinski definition) is 2. The zero-order valence-corrected chi connectivity index (χ0v) is 9.35. The van der Waals surface area contributed by atoms with Crippen LogP contribution >= 0.6 is 0 Å². The Kier molecular flexibility index (Phi) is 2.49. The van der Waals surface area contributed by atoms with Crippen LogP contribution in [0.4, 0.5) is 5.69 Å². The predicted molar refractivity (Wildman–Crippen MR) is 61.0 cm³/mol. The van der Waals surface area contributed by atoms with Crippen LogP contribution in [0.5, 0.6) is 0 Å². The number of anilines is 1. The summed E-state index contributed by atoms with van der Waals surface area (Å²) in [6, 6.07) is 3.94. The van der Waals surface area contributed by atoms with E-state index in [9.17, 15) is 4.79 Å². The van der Waals surface area contributed by atoms with Gasteiger partial charge in [-0.1, -0.05) is 19.1 Å². The van der Waals surface area contributed by atoms with Gasteiger partial charge >= 0.3 is 0 Å². The van der Waals surface area contributed by atoms with Gasteiger partial charge in [0.25, 0.3) is 0 Å². The van der Waals surface area contributed by atoms with Crippen molar-refractivity contribution >= 4 is 11.6 Å². The molecule has 0 aliphatic carbocycles. The maximum absolute atomic E-state index is 11.8. The summed E-state index contributed by atoms with van der Waals surface area (Å²) in [5.41, 5.74) is 4.40. The van der Waals surface area contributed by atoms with E-state index < -0.39 is 0 Å². The highest BCUT2D eigenvalue weighted by Crippen LogP contribution is 2.35. The molecular weight excluding hydrogens is 188 g/mol. The van der Waals surface area contributed by atoms with Gasteiger partial charge in [0.15, 0.2) is 0 Å². The molecule has 0 saturated heterocycles. The Morgan fingerprint density at radius 1 is 1.33 bits per heavy atom. The third-order valence-electron chi connectivity index (χ3n) is 2.88. The summed E-state index contributed by atoms with van der Waals surface area (Å²) >= 11 is 0. The van der Waals surface area contributed by atoms with Crippen LogP contribution in [0, 0.1) is 13.8 Å². The van der Waals surface area contributed by atoms with Gasteiger partial charge < -0.3 is 10.6 Å². The van der Waals surface area contributed by atoms with Gasteiger partial charge in [0.1, 0.15) is 6.04 Å². The SMILES string of the molecule is CCNC1C(=O)Nc2c(C)ccc(C)c21. The maximum Gasteiger partial charge on any atom is 0.246 e. The van der Waals surface area contributed by atoms with E-state index in [0.717, 1.165) is 23.4 Å². The minimum absolute atomic E-state index is 0.0595. The van der Waals surface area contributed by atoms with Crippen molar-refractivity contribution < 1.29 is 4.79 Å². The van der Waals surface area contributed by atoms with Gasteiger partial charge in [0.2, 0.25) is 5.91 Å². The molecule has 2 rings (SSSR count). The van der Waals surface area contributed by atoms with Crippen molar-refractivity contribution in [3.8, 4) is 0 Å². The molecule has 0 saturated carbocycles. The number of fused-ring (bicyclic) bond motifs is 1. The molecule has 1 atom stereocenters. The molecule has 0 spiro atoms. The van der Waals surface area contributed by atoms with Crippen molar-refractivity contribution in [2.24, 2.45) is 0 Å². The van der Waals surface area contributed by atoms with Crippen LogP contribution in [0.25, 0.3) is 0 Å². The van der Waals surface area contributed by atoms with E-state index in [2.05, 4.69) is 16.7 Å². The van der Waals surface area contributed by atoms with Gasteiger partial charge in [-0.2, -0.15) is 0 Å². The molecule has 1 aliphatic heterocycles. The summed E-state index contributed by atoms with van der Waals surface area (Å²) in [5.74, 6) is 0.0595. The normalized spacial score (nSPS) is 18.9. The minimum Gasteiger partial charge on any atom is -0.324 e. The first-order valence-corrected chi connectivity index (χ1v) is 5.29. The Morgan fingerprint density at radius 2 is 2.00 bits per heavy atom. The maximum atomic E-state index is 11.8. The van der Waals surface area contributed by atoms with E-state index in [-0.39, 0.29) is 11.9 Å². The molecule has 1 unspecified atom stereocenters. The largest absolute Gasteiger partial charge is 0.324 e. The quantitative estimate of drug-likeness (QED) is 0.772. The lowest BCUT2D eigenvalue weighted by Gasteiger charge is -2.12. The Hall–Kier alpha value is -1.35. The van der Waals surface area contributed by atoms with Crippen LogP contribution < -0.4 is 10.6 Å². The van der Waals surface area contributed by atoms with Gasteiger partial charge in [0, 0.05) is 11.3 Å². The Balaban J connectivity index is 2.52. The molecule has 3 heteroatoms. The van der Waals surface area contributed by atoms with Gasteiger partial charge in [-0.05, 0) is 31.5 Å². The molecule has 3 nitrogen and oxygen atoms in total. The van der Waals surface area contributed by atoms with E-state index in [1.807, 2.05) is 26.8 Å². The molecule has 80 valence electrons. The van der Waals surface area contributed by atoms with Crippen molar-refractivity contribution in [3.05, 3.63) is 28.8 Å². The highest BCUT2D eigenvalue weighted by molar-refractivity contribution is 6.03. The average molecular weight is 204 g/mol. The summed E-state index contributed by atoms with van der Waals surface area (Å²) in [6.07, 6.45) is 0. The number of carbonyl (C=O) groups excluding carboxylic acids is 1. The Labute approximate surface area is 89.9 Å². The molecule has 0 aromatic heterocycles. The summed E-state index contributed by atoms with van der Waals surface area (Å²) < 4.78 is 0. The van der Waals surface area contributed by atoms with E-state index in [0.29, 0.717) is 0 Å². The van der Waals surface area contributed by atoms with Gasteiger partial charge in [-0.15, -0.1) is 0 Å². The monoisotopic (exact) mass is 204 g/mol. The van der Waals surface area contributed by atoms with Crippen LogP contribution in [0.2, 0.25) is 0 Å². The third kappa shape index (κ3) is 1.53. The van der Waals surface area contributed by atoms with Gasteiger partial charge in [-0.3, -0.25) is 4.79 Å². The fourth-order valence-electron chi connectivity index (χ4n) is 2.10. The minimum atomic E-state index is -0.176. The van der Waals surface area contributed by atoms with Crippen molar-refractivity contribution in [1.82, 2.24) is 5.32 Å². The molecule has 1 aromatic carbocycles. The highest BCUT2D eigenvalue weighted by Gasteiger charge is 2.31. The topological polar surface area (TPSA) is 41.1 Å². The Bertz CT molecular complexity index is 412. The zero-order valence-electron chi connectivity index (χ0n) is 9.35. The van der Waals surface area contributed by atoms with Gasteiger partial charge in [0.05, 0.1) is 0 Å². The summed E-state index contributed by atoms with van der Waals surface area (Å²) in [7, 11) is 0. The number of carbonyl (C=O) groups is 1. The number of benzene rings is 1. The van der Waals surface area contributed by atoms with Crippen molar-refractivity contribution in [3.63, 3.8) is 0 Å². The molecular formula is C12H16N2O. The second kappa shape index (κ2) is 3.66. The molecule has 1 aliphatic rings. The van der Waals surface area contributed by atoms with E-state index >= 15 is 0 Å². The molecule has 0 fully saturated rings. The smallest absolute Gasteiger partial charge is 0.246 e. The number of nitrogens with one attached hydrogen (secondary N) is 2. The number of aryl methyl sites for hydroxylation is 2. The van der Waals surface area contributed by atoms with Crippen LogP contribution in [-0.4, -0.2) is 12.5 Å². The second-order valence-corrected chi connectivity index (χ2v) is 3.97. The molecule has 1 heterocycles. The number of hydrogen-bond donors (Lipinski definition) is 2. The van der Waals surface area contributed by atoms with Crippen molar-refractivity contribution in [1.29, 1.82) is 0 Å². The molecule has 15 heavy (non-hydrogen) atoms. The fourth-order valence-corrected chi connectivity index (χ4v) is 2.10. The fraction of sp³-hybridized carbons (Fsp3) is 0.417. The summed E-state index contributed by atoms with van der Waals surface area (Å²) in [4.78, 5) is 11.8. The number of rotatable bonds is 2. The predicted octanol–water partition coefficient (Wildman–Crippen LogP) is 1.91. The zero-order chi connectivity index (χ0) is 11.0. The lowest BCUT2D eigenvalue weighted by atomic mass is 9.99. The first kappa shape index (κ1) is 10.2. The van der Waals surface area contributed by atoms with Crippen LogP contribution in [0.1, 0.15) is 29.7 Å². The Morgan fingerprint density at radius 3 is 2.67 bits per heavy atom. The highest BCUT2D eigenvalue weighted by atomic mass is 16.2. The van der Waals surface area contributed by atoms with E-state index in [4.69, 9.17) is 0 Å². The van der Waals surface area contributed by atoms with Gasteiger partial charge in [-0.25, -0.2) is 0 Å². The molecule has 2 N–H and O–H groups in total. The standard InChI is InChI=1S/C12H16N2O/c1-4-13-11-9-7(2)5-6-8(3)10(9)14-12(11)15/h5-6,11,13H,4H2,1-3H3,(H,14,15). The average Bonchev–Trinajstić information content (AvgIpc) is 2.53. The van der Waals surface area contributed by atoms with E-state index in [1.54, 1.807) is 0 Å². The van der Waals surface area contributed by atoms with Crippen molar-refractivity contribution in [2.75, 3.05) is 11.9 Å². The molecule has 0 bridgehead atoms. The summed E-state index contributed by atoms with van der Waals surface area (Å²) in [5, 5.41) is 6.15. The van der Waals surface area contributed by atoms with Crippen LogP contribution in [-0.2, 0) is 4.79 Å². The summed E-state index contributed by atoms with van der Waals surface area (Å²) in [6.45, 7) is 6.87. The number of likely N-dealkylation sites (N-methyl/N-ethyl adjacent to an activating group) is 1. The number of amides is 1. The molecule has 1 amide bonds. The second-order valence-electron chi connectivity index (χ2n) is 3.97. The first-order chi connectivity index (χ1) is 7.15. The lowest BCUT2D eigenvalue weighted by molar-refractivity contribution is -0.117. The molecule has 1 aromatic rings. The lowest BCUT2D eigenvalue weighted by Crippen LogP contribution is -2.27. The third-order valence-corrected chi connectivity index (χ3v) is 2.88. The van der Waals surface area contributed by atoms with Crippen molar-refractivity contribution in [2.45, 2.75) is 26.8 Å². The van der Waals surface area contributed by atoms with Crippen LogP contribution in [0.15, 0.2) is 12.1 Å².